The molecule has 0 aliphatic heterocycles. The molecule has 0 aromatic heterocycles. The fourth-order valence-electron chi connectivity index (χ4n) is 6.60. The van der Waals surface area contributed by atoms with Crippen molar-refractivity contribution in [1.82, 2.24) is 0 Å². The van der Waals surface area contributed by atoms with Crippen LogP contribution in [0.2, 0.25) is 0 Å². The molecule has 1 heteroatoms. The first-order valence-electron chi connectivity index (χ1n) is 20.4. The van der Waals surface area contributed by atoms with Gasteiger partial charge in [0.1, 0.15) is 0 Å². The summed E-state index contributed by atoms with van der Waals surface area (Å²) < 4.78 is 0. The monoisotopic (exact) mass is 781 g/mol. The molecule has 6 rings (SSSR count). The second-order valence-corrected chi connectivity index (χ2v) is 14.8. The van der Waals surface area contributed by atoms with Gasteiger partial charge in [-0.2, -0.15) is 0 Å². The summed E-state index contributed by atoms with van der Waals surface area (Å²) in [5, 5.41) is 0. The van der Waals surface area contributed by atoms with Gasteiger partial charge in [-0.15, -0.1) is 6.42 Å². The molecule has 0 unspecified atom stereocenters. The molecule has 0 fully saturated rings. The fourth-order valence-corrected chi connectivity index (χ4v) is 6.60. The van der Waals surface area contributed by atoms with E-state index in [1.54, 1.807) is 12.2 Å². The molecule has 0 saturated carbocycles. The molecule has 1 nitrogen and oxygen atoms in total. The Morgan fingerprint density at radius 2 is 1.17 bits per heavy atom. The zero-order chi connectivity index (χ0) is 43.1. The van der Waals surface area contributed by atoms with Crippen LogP contribution in [0.5, 0.6) is 0 Å². The second kappa shape index (κ2) is 24.6. The summed E-state index contributed by atoms with van der Waals surface area (Å²) in [4.78, 5) is 0. The fraction of sp³-hybridized carbons (Fsp3) is 0.119. The Bertz CT molecular complexity index is 2500. The highest BCUT2D eigenvalue weighted by atomic mass is 14.6. The van der Waals surface area contributed by atoms with Crippen LogP contribution in [0.25, 0.3) is 29.0 Å². The highest BCUT2D eigenvalue weighted by molar-refractivity contribution is 5.81. The van der Waals surface area contributed by atoms with Gasteiger partial charge in [-0.3, -0.25) is 0 Å². The third-order valence-corrected chi connectivity index (χ3v) is 9.93. The minimum atomic E-state index is 0.621. The molecular formula is C59H59N. The van der Waals surface area contributed by atoms with E-state index in [0.29, 0.717) is 5.70 Å². The van der Waals surface area contributed by atoms with Crippen LogP contribution in [0.15, 0.2) is 212 Å². The maximum atomic E-state index is 5.55. The molecular weight excluding hydrogens is 723 g/mol. The lowest BCUT2D eigenvalue weighted by Crippen LogP contribution is -1.95. The average Bonchev–Trinajstić information content (AvgIpc) is 3.27. The van der Waals surface area contributed by atoms with Crippen molar-refractivity contribution in [2.75, 3.05) is 0 Å². The number of hydrogen-bond donors (Lipinski definition) is 1. The molecule has 0 atom stereocenters. The predicted octanol–water partition coefficient (Wildman–Crippen LogP) is 15.1. The Balaban J connectivity index is 0.000000257. The Morgan fingerprint density at radius 1 is 0.633 bits per heavy atom. The zero-order valence-electron chi connectivity index (χ0n) is 36.0. The van der Waals surface area contributed by atoms with E-state index in [1.807, 2.05) is 48.6 Å². The number of allylic oxidation sites excluding steroid dienone is 9. The molecule has 6 aromatic rings. The number of nitrogens with two attached hydrogens (primary N) is 1. The average molecular weight is 782 g/mol. The van der Waals surface area contributed by atoms with Crippen LogP contribution in [0, 0.1) is 26.2 Å². The topological polar surface area (TPSA) is 26.0 Å². The highest BCUT2D eigenvalue weighted by Gasteiger charge is 2.06. The maximum Gasteiger partial charge on any atom is 0.0314 e. The second-order valence-electron chi connectivity index (χ2n) is 14.8. The van der Waals surface area contributed by atoms with Crippen molar-refractivity contribution in [3.63, 3.8) is 0 Å². The minimum Gasteiger partial charge on any atom is -0.399 e. The third-order valence-electron chi connectivity index (χ3n) is 9.93. The number of hydrogen-bond acceptors (Lipinski definition) is 1. The first-order chi connectivity index (χ1) is 29.1. The van der Waals surface area contributed by atoms with Crippen LogP contribution in [-0.4, -0.2) is 0 Å². The zero-order valence-corrected chi connectivity index (χ0v) is 36.0. The quantitative estimate of drug-likeness (QED) is 0.0747. The van der Waals surface area contributed by atoms with Crippen molar-refractivity contribution in [3.8, 4) is 12.3 Å². The summed E-state index contributed by atoms with van der Waals surface area (Å²) in [5.74, 6) is 2.65. The summed E-state index contributed by atoms with van der Waals surface area (Å²) in [6.45, 7) is 18.1. The molecule has 300 valence electrons. The van der Waals surface area contributed by atoms with E-state index in [0.717, 1.165) is 29.6 Å². The third kappa shape index (κ3) is 15.3. The molecule has 0 radical (unpaired) electrons. The van der Waals surface area contributed by atoms with Crippen LogP contribution < -0.4 is 5.73 Å². The van der Waals surface area contributed by atoms with Crippen LogP contribution in [-0.2, 0) is 12.8 Å². The van der Waals surface area contributed by atoms with Crippen molar-refractivity contribution in [2.45, 2.75) is 47.5 Å². The van der Waals surface area contributed by atoms with Gasteiger partial charge >= 0.3 is 0 Å². The Labute approximate surface area is 361 Å². The van der Waals surface area contributed by atoms with E-state index in [9.17, 15) is 0 Å². The van der Waals surface area contributed by atoms with E-state index >= 15 is 0 Å². The lowest BCUT2D eigenvalue weighted by Gasteiger charge is -2.11. The van der Waals surface area contributed by atoms with Gasteiger partial charge in [0.2, 0.25) is 0 Å². The summed E-state index contributed by atoms with van der Waals surface area (Å²) in [6.07, 6.45) is 21.6. The Hall–Kier alpha value is -7.14. The molecule has 60 heavy (non-hydrogen) atoms. The molecule has 0 aliphatic carbocycles. The molecule has 0 bridgehead atoms. The first-order valence-corrected chi connectivity index (χ1v) is 20.4. The predicted molar refractivity (Wildman–Crippen MR) is 265 cm³/mol. The maximum absolute atomic E-state index is 5.55. The normalized spacial score (nSPS) is 11.7. The number of aryl methyl sites for hydroxylation is 2. The Morgan fingerprint density at radius 3 is 1.73 bits per heavy atom. The number of benzene rings is 6. The summed E-state index contributed by atoms with van der Waals surface area (Å²) in [7, 11) is 0. The molecule has 0 spiro atoms. The standard InChI is InChI=1S/C35H34.C16H16.C8H9N/c1-6-8-15-32(14-7-2)29(5)24-34-18-12-13-19-35(34)26-31-23-27(3)22-30(25-31)21-20-28(4)33-16-10-9-11-17-33;1-13-8-6-7-11-16(13)12-14(2)15-9-4-3-5-10-15;1-7(9)8-5-3-2-4-6-8/h2,6,8-20,22-25H,1,21,26H2,3-5H3;3-12H,1-2H3;2-6H,1,9H2/b15-8-,28-20+,29-24+,32-14+;14-12+;. The SMILES string of the molecule is C#C/C=C(\C=C/C=C)C(/C)=C/c1ccccc1Cc1cc(C)cc(C/C=C(\C)c2ccccc2)c1.C/C(=C\c1ccccc1C)c1ccccc1.C=C(N)c1ccccc1. The van der Waals surface area contributed by atoms with Crippen LogP contribution in [0.3, 0.4) is 0 Å². The van der Waals surface area contributed by atoms with Gasteiger partial charge in [-0.1, -0.05) is 219 Å². The smallest absolute Gasteiger partial charge is 0.0314 e. The van der Waals surface area contributed by atoms with E-state index in [-0.39, 0.29) is 0 Å². The summed E-state index contributed by atoms with van der Waals surface area (Å²) in [6, 6.07) is 54.7. The number of terminal acetylenes is 1. The highest BCUT2D eigenvalue weighted by Crippen LogP contribution is 2.24. The van der Waals surface area contributed by atoms with E-state index < -0.39 is 0 Å². The van der Waals surface area contributed by atoms with Gasteiger partial charge in [-0.05, 0) is 126 Å². The van der Waals surface area contributed by atoms with E-state index in [1.165, 1.54) is 61.2 Å². The molecule has 0 amide bonds. The van der Waals surface area contributed by atoms with Gasteiger partial charge in [0.15, 0.2) is 0 Å². The molecule has 6 aromatic carbocycles. The van der Waals surface area contributed by atoms with Crippen LogP contribution in [0.4, 0.5) is 0 Å². The summed E-state index contributed by atoms with van der Waals surface area (Å²) >= 11 is 0. The Kier molecular flexibility index (Phi) is 18.7. The van der Waals surface area contributed by atoms with Crippen molar-refractivity contribution in [2.24, 2.45) is 5.73 Å². The lowest BCUT2D eigenvalue weighted by atomic mass is 9.94. The molecule has 0 saturated heterocycles. The number of rotatable bonds is 12. The molecule has 0 heterocycles. The van der Waals surface area contributed by atoms with Crippen molar-refractivity contribution in [1.29, 1.82) is 0 Å². The van der Waals surface area contributed by atoms with Crippen molar-refractivity contribution < 1.29 is 0 Å². The van der Waals surface area contributed by atoms with Gasteiger partial charge < -0.3 is 5.73 Å². The van der Waals surface area contributed by atoms with E-state index in [4.69, 9.17) is 12.2 Å². The van der Waals surface area contributed by atoms with Crippen molar-refractivity contribution >= 4 is 29.0 Å². The van der Waals surface area contributed by atoms with Gasteiger partial charge in [0.25, 0.3) is 0 Å². The molecule has 2 N–H and O–H groups in total. The van der Waals surface area contributed by atoms with Gasteiger partial charge in [0, 0.05) is 5.70 Å². The van der Waals surface area contributed by atoms with Gasteiger partial charge in [0.05, 0.1) is 0 Å². The van der Waals surface area contributed by atoms with Gasteiger partial charge in [-0.25, -0.2) is 0 Å². The minimum absolute atomic E-state index is 0.621. The van der Waals surface area contributed by atoms with Crippen molar-refractivity contribution in [3.05, 3.63) is 268 Å². The first kappa shape index (κ1) is 45.6. The summed E-state index contributed by atoms with van der Waals surface area (Å²) in [5.41, 5.74) is 23.4. The largest absolute Gasteiger partial charge is 0.399 e. The van der Waals surface area contributed by atoms with Crippen LogP contribution >= 0.6 is 0 Å². The molecule has 0 aliphatic rings. The van der Waals surface area contributed by atoms with Crippen LogP contribution in [0.1, 0.15) is 76.4 Å². The lowest BCUT2D eigenvalue weighted by molar-refractivity contribution is 1.14. The van der Waals surface area contributed by atoms with E-state index in [2.05, 4.69) is 193 Å².